The predicted octanol–water partition coefficient (Wildman–Crippen LogP) is -0.327. The van der Waals surface area contributed by atoms with Crippen LogP contribution in [0.1, 0.15) is 5.56 Å². The van der Waals surface area contributed by atoms with Gasteiger partial charge in [0.1, 0.15) is 6.21 Å². The van der Waals surface area contributed by atoms with Crippen molar-refractivity contribution in [2.45, 2.75) is 6.42 Å². The molecule has 0 bridgehead atoms. The van der Waals surface area contributed by atoms with Crippen LogP contribution in [0.2, 0.25) is 0 Å². The smallest absolute Gasteiger partial charge is 0.310 e. The first-order valence-electron chi connectivity index (χ1n) is 3.65. The monoisotopic (exact) mass is 181 g/mol. The van der Waals surface area contributed by atoms with Crippen LogP contribution >= 0.6 is 0 Å². The quantitative estimate of drug-likeness (QED) is 0.380. The lowest BCUT2D eigenvalue weighted by molar-refractivity contribution is -0.385. The summed E-state index contributed by atoms with van der Waals surface area (Å²) in [5.74, 6) is -0.328. The lowest BCUT2D eigenvalue weighted by Crippen LogP contribution is -2.30. The molecule has 0 aromatic heterocycles. The normalized spacial score (nSPS) is 9.54. The molecular weight excluding hydrogens is 172 g/mol. The number of aromatic hydroxyl groups is 1. The molecule has 0 heterocycles. The SMILES string of the molecule is [NH2+]=CCc1ccc(O)c([N+](=O)[O-])c1. The van der Waals surface area contributed by atoms with Gasteiger partial charge in [-0.05, 0) is 11.6 Å². The number of phenolic OH excluding ortho intramolecular Hbond substituents is 1. The maximum absolute atomic E-state index is 10.4. The molecule has 0 aliphatic heterocycles. The molecule has 13 heavy (non-hydrogen) atoms. The Morgan fingerprint density at radius 2 is 2.31 bits per heavy atom. The number of hydrogen-bond acceptors (Lipinski definition) is 3. The summed E-state index contributed by atoms with van der Waals surface area (Å²) in [7, 11) is 0. The summed E-state index contributed by atoms with van der Waals surface area (Å²) < 4.78 is 0. The van der Waals surface area contributed by atoms with Gasteiger partial charge < -0.3 is 5.11 Å². The summed E-state index contributed by atoms with van der Waals surface area (Å²) in [5, 5.41) is 24.6. The molecule has 0 atom stereocenters. The van der Waals surface area contributed by atoms with Crippen LogP contribution in [-0.2, 0) is 6.42 Å². The molecule has 1 rings (SSSR count). The van der Waals surface area contributed by atoms with Crippen molar-refractivity contribution in [2.75, 3.05) is 0 Å². The number of rotatable bonds is 3. The molecule has 68 valence electrons. The van der Waals surface area contributed by atoms with E-state index in [2.05, 4.69) is 0 Å². The molecule has 5 heteroatoms. The van der Waals surface area contributed by atoms with Gasteiger partial charge in [-0.2, -0.15) is 0 Å². The third-order valence-electron chi connectivity index (χ3n) is 1.59. The molecular formula is C8H9N2O3+. The van der Waals surface area contributed by atoms with Gasteiger partial charge in [0.2, 0.25) is 0 Å². The highest BCUT2D eigenvalue weighted by Crippen LogP contribution is 2.25. The van der Waals surface area contributed by atoms with Crippen LogP contribution in [0.5, 0.6) is 5.75 Å². The third-order valence-corrected chi connectivity index (χ3v) is 1.59. The summed E-state index contributed by atoms with van der Waals surface area (Å²) in [6.07, 6.45) is 1.84. The van der Waals surface area contributed by atoms with Crippen LogP contribution in [0.4, 0.5) is 5.69 Å². The molecule has 0 unspecified atom stereocenters. The van der Waals surface area contributed by atoms with E-state index in [1.807, 2.05) is 0 Å². The Morgan fingerprint density at radius 1 is 1.62 bits per heavy atom. The highest BCUT2D eigenvalue weighted by molar-refractivity contribution is 5.58. The number of nitro groups is 1. The van der Waals surface area contributed by atoms with Gasteiger partial charge in [-0.3, -0.25) is 15.5 Å². The highest BCUT2D eigenvalue weighted by Gasteiger charge is 2.12. The number of benzene rings is 1. The average Bonchev–Trinajstić information content (AvgIpc) is 2.08. The van der Waals surface area contributed by atoms with E-state index in [0.29, 0.717) is 12.0 Å². The fourth-order valence-corrected chi connectivity index (χ4v) is 0.978. The molecule has 0 amide bonds. The first kappa shape index (κ1) is 9.18. The Hall–Kier alpha value is -1.91. The fraction of sp³-hybridized carbons (Fsp3) is 0.125. The van der Waals surface area contributed by atoms with E-state index in [1.165, 1.54) is 18.3 Å². The summed E-state index contributed by atoms with van der Waals surface area (Å²) >= 11 is 0. The lowest BCUT2D eigenvalue weighted by atomic mass is 10.1. The Balaban J connectivity index is 3.10. The van der Waals surface area contributed by atoms with Crippen molar-refractivity contribution in [2.24, 2.45) is 0 Å². The first-order chi connectivity index (χ1) is 6.15. The largest absolute Gasteiger partial charge is 0.502 e. The van der Waals surface area contributed by atoms with Crippen LogP contribution < -0.4 is 5.41 Å². The zero-order valence-electron chi connectivity index (χ0n) is 6.80. The van der Waals surface area contributed by atoms with Crippen molar-refractivity contribution >= 4 is 11.9 Å². The summed E-state index contributed by atoms with van der Waals surface area (Å²) in [4.78, 5) is 9.75. The predicted molar refractivity (Wildman–Crippen MR) is 46.5 cm³/mol. The van der Waals surface area contributed by atoms with E-state index in [4.69, 9.17) is 10.5 Å². The first-order valence-corrected chi connectivity index (χ1v) is 3.65. The van der Waals surface area contributed by atoms with Crippen LogP contribution in [0.15, 0.2) is 18.2 Å². The molecule has 1 aromatic carbocycles. The molecule has 3 N–H and O–H groups in total. The minimum absolute atomic E-state index is 0.292. The van der Waals surface area contributed by atoms with Crippen LogP contribution in [0.3, 0.4) is 0 Å². The van der Waals surface area contributed by atoms with E-state index in [0.717, 1.165) is 0 Å². The zero-order chi connectivity index (χ0) is 9.84. The molecule has 0 aliphatic carbocycles. The van der Waals surface area contributed by atoms with E-state index in [-0.39, 0.29) is 11.4 Å². The maximum atomic E-state index is 10.4. The van der Waals surface area contributed by atoms with Crippen molar-refractivity contribution in [1.29, 1.82) is 0 Å². The van der Waals surface area contributed by atoms with Gasteiger partial charge in [-0.15, -0.1) is 0 Å². The molecule has 0 aliphatic rings. The van der Waals surface area contributed by atoms with E-state index >= 15 is 0 Å². The standard InChI is InChI=1S/C8H8N2O3/c9-4-3-6-1-2-8(11)7(5-6)10(12)13/h1-2,4-5,9,11H,3H2/p+1. The second kappa shape index (κ2) is 3.66. The number of hydrogen-bond donors (Lipinski definition) is 2. The van der Waals surface area contributed by atoms with Crippen molar-refractivity contribution in [3.05, 3.63) is 33.9 Å². The van der Waals surface area contributed by atoms with Gasteiger partial charge in [-0.1, -0.05) is 6.07 Å². The Labute approximate surface area is 74.3 Å². The van der Waals surface area contributed by atoms with Gasteiger partial charge >= 0.3 is 5.69 Å². The van der Waals surface area contributed by atoms with Crippen molar-refractivity contribution in [3.63, 3.8) is 0 Å². The minimum Gasteiger partial charge on any atom is -0.502 e. The van der Waals surface area contributed by atoms with E-state index in [9.17, 15) is 10.1 Å². The zero-order valence-corrected chi connectivity index (χ0v) is 6.80. The van der Waals surface area contributed by atoms with E-state index in [1.54, 1.807) is 6.07 Å². The second-order valence-electron chi connectivity index (χ2n) is 2.52. The van der Waals surface area contributed by atoms with Crippen LogP contribution in [0.25, 0.3) is 0 Å². The third kappa shape index (κ3) is 2.02. The summed E-state index contributed by atoms with van der Waals surface area (Å²) in [5.41, 5.74) is 0.409. The second-order valence-corrected chi connectivity index (χ2v) is 2.52. The van der Waals surface area contributed by atoms with Crippen molar-refractivity contribution in [1.82, 2.24) is 0 Å². The van der Waals surface area contributed by atoms with Gasteiger partial charge in [0.25, 0.3) is 0 Å². The topological polar surface area (TPSA) is 89.0 Å². The number of phenols is 1. The molecule has 5 nitrogen and oxygen atoms in total. The Kier molecular flexibility index (Phi) is 2.59. The minimum atomic E-state index is -0.630. The molecule has 0 spiro atoms. The summed E-state index contributed by atoms with van der Waals surface area (Å²) in [6.45, 7) is 0. The van der Waals surface area contributed by atoms with Crippen LogP contribution in [-0.4, -0.2) is 16.2 Å². The molecule has 1 aromatic rings. The summed E-state index contributed by atoms with van der Waals surface area (Å²) in [6, 6.07) is 4.18. The fourth-order valence-electron chi connectivity index (χ4n) is 0.978. The van der Waals surface area contributed by atoms with Gasteiger partial charge in [-0.25, -0.2) is 0 Å². The average molecular weight is 181 g/mol. The lowest BCUT2D eigenvalue weighted by Gasteiger charge is -1.97. The van der Waals surface area contributed by atoms with Gasteiger partial charge in [0.15, 0.2) is 5.75 Å². The highest BCUT2D eigenvalue weighted by atomic mass is 16.6. The van der Waals surface area contributed by atoms with E-state index < -0.39 is 4.92 Å². The maximum Gasteiger partial charge on any atom is 0.310 e. The number of nitro benzene ring substituents is 1. The van der Waals surface area contributed by atoms with Crippen LogP contribution in [0, 0.1) is 10.1 Å². The number of nitrogens with zero attached hydrogens (tertiary/aromatic N) is 1. The number of nitrogens with two attached hydrogens (primary N) is 1. The molecule has 0 saturated heterocycles. The van der Waals surface area contributed by atoms with Crippen molar-refractivity contribution in [3.8, 4) is 5.75 Å². The molecule has 0 radical (unpaired) electrons. The van der Waals surface area contributed by atoms with Gasteiger partial charge in [0, 0.05) is 12.5 Å². The van der Waals surface area contributed by atoms with Gasteiger partial charge in [0.05, 0.1) is 4.92 Å². The Bertz CT molecular complexity index is 349. The molecule has 0 saturated carbocycles. The molecule has 0 fully saturated rings. The van der Waals surface area contributed by atoms with Crippen molar-refractivity contribution < 1.29 is 15.4 Å². The Morgan fingerprint density at radius 3 is 2.85 bits per heavy atom.